The summed E-state index contributed by atoms with van der Waals surface area (Å²) in [5.74, 6) is 0.985. The fourth-order valence-electron chi connectivity index (χ4n) is 2.76. The van der Waals surface area contributed by atoms with Gasteiger partial charge in [0.2, 0.25) is 12.7 Å². The standard InChI is InChI=1S/C17H16N4O4S/c22-15-4-2-12(19-20-15)17(23)21(9-16-18-5-6-26-16)8-11-1-3-13-14(7-11)25-10-24-13/h1,3,5-7H,2,4,8-10H2,(H,20,22). The SMILES string of the molecule is O=C1CCC(C(=O)N(Cc2ccc3c(c2)OCO3)Cc2nccs2)=NN1. The lowest BCUT2D eigenvalue weighted by atomic mass is 10.1. The molecule has 0 fully saturated rings. The Morgan fingerprint density at radius 3 is 2.88 bits per heavy atom. The van der Waals surface area contributed by atoms with E-state index in [0.29, 0.717) is 36.7 Å². The van der Waals surface area contributed by atoms with Gasteiger partial charge in [-0.3, -0.25) is 9.59 Å². The van der Waals surface area contributed by atoms with Crippen LogP contribution in [-0.4, -0.2) is 34.2 Å². The molecule has 0 unspecified atom stereocenters. The molecule has 1 N–H and O–H groups in total. The van der Waals surface area contributed by atoms with Crippen molar-refractivity contribution in [2.75, 3.05) is 6.79 Å². The molecule has 8 nitrogen and oxygen atoms in total. The van der Waals surface area contributed by atoms with Crippen LogP contribution in [-0.2, 0) is 22.7 Å². The van der Waals surface area contributed by atoms with Gasteiger partial charge in [0, 0.05) is 31.0 Å². The maximum atomic E-state index is 12.9. The maximum absolute atomic E-state index is 12.9. The topological polar surface area (TPSA) is 93.1 Å². The summed E-state index contributed by atoms with van der Waals surface area (Å²) < 4.78 is 10.7. The van der Waals surface area contributed by atoms with Crippen LogP contribution in [0.5, 0.6) is 11.5 Å². The van der Waals surface area contributed by atoms with Crippen LogP contribution in [0.4, 0.5) is 0 Å². The number of rotatable bonds is 5. The van der Waals surface area contributed by atoms with Crippen molar-refractivity contribution < 1.29 is 19.1 Å². The van der Waals surface area contributed by atoms with Gasteiger partial charge >= 0.3 is 0 Å². The van der Waals surface area contributed by atoms with E-state index in [4.69, 9.17) is 9.47 Å². The second kappa shape index (κ2) is 7.12. The Morgan fingerprint density at radius 2 is 2.12 bits per heavy atom. The summed E-state index contributed by atoms with van der Waals surface area (Å²) in [6.45, 7) is 0.955. The molecule has 0 radical (unpaired) electrons. The zero-order chi connectivity index (χ0) is 17.9. The molecule has 1 aromatic carbocycles. The third kappa shape index (κ3) is 3.52. The molecule has 4 rings (SSSR count). The van der Waals surface area contributed by atoms with Gasteiger partial charge in [0.25, 0.3) is 5.91 Å². The highest BCUT2D eigenvalue weighted by Gasteiger charge is 2.25. The Bertz CT molecular complexity index is 866. The van der Waals surface area contributed by atoms with E-state index in [1.54, 1.807) is 11.1 Å². The van der Waals surface area contributed by atoms with Crippen LogP contribution in [0.15, 0.2) is 34.9 Å². The molecule has 2 aliphatic heterocycles. The fraction of sp³-hybridized carbons (Fsp3) is 0.294. The predicted octanol–water partition coefficient (Wildman–Crippen LogP) is 1.67. The Morgan fingerprint density at radius 1 is 1.23 bits per heavy atom. The van der Waals surface area contributed by atoms with Crippen LogP contribution >= 0.6 is 11.3 Å². The number of nitrogens with one attached hydrogen (secondary N) is 1. The number of nitrogens with zero attached hydrogens (tertiary/aromatic N) is 3. The van der Waals surface area contributed by atoms with Gasteiger partial charge in [0.15, 0.2) is 11.5 Å². The van der Waals surface area contributed by atoms with E-state index in [9.17, 15) is 9.59 Å². The van der Waals surface area contributed by atoms with Crippen LogP contribution in [0.25, 0.3) is 0 Å². The predicted molar refractivity (Wildman–Crippen MR) is 93.7 cm³/mol. The lowest BCUT2D eigenvalue weighted by Gasteiger charge is -2.23. The van der Waals surface area contributed by atoms with Crippen LogP contribution < -0.4 is 14.9 Å². The highest BCUT2D eigenvalue weighted by atomic mass is 32.1. The summed E-state index contributed by atoms with van der Waals surface area (Å²) in [7, 11) is 0. The molecule has 2 amide bonds. The fourth-order valence-corrected chi connectivity index (χ4v) is 3.40. The Balaban J connectivity index is 1.56. The first-order chi connectivity index (χ1) is 12.7. The van der Waals surface area contributed by atoms with E-state index in [1.807, 2.05) is 23.6 Å². The van der Waals surface area contributed by atoms with E-state index >= 15 is 0 Å². The number of ether oxygens (including phenoxy) is 2. The summed E-state index contributed by atoms with van der Waals surface area (Å²) >= 11 is 1.49. The smallest absolute Gasteiger partial charge is 0.270 e. The highest BCUT2D eigenvalue weighted by molar-refractivity contribution is 7.09. The van der Waals surface area contributed by atoms with E-state index < -0.39 is 0 Å². The quantitative estimate of drug-likeness (QED) is 0.862. The zero-order valence-electron chi connectivity index (χ0n) is 13.8. The first-order valence-electron chi connectivity index (χ1n) is 8.10. The highest BCUT2D eigenvalue weighted by Crippen LogP contribution is 2.33. The summed E-state index contributed by atoms with van der Waals surface area (Å²) in [5, 5.41) is 6.63. The summed E-state index contributed by atoms with van der Waals surface area (Å²) in [6, 6.07) is 5.61. The minimum Gasteiger partial charge on any atom is -0.454 e. The minimum absolute atomic E-state index is 0.177. The lowest BCUT2D eigenvalue weighted by molar-refractivity contribution is -0.125. The largest absolute Gasteiger partial charge is 0.454 e. The normalized spacial score (nSPS) is 15.4. The average Bonchev–Trinajstić information content (AvgIpc) is 3.32. The monoisotopic (exact) mass is 372 g/mol. The summed E-state index contributed by atoms with van der Waals surface area (Å²) in [5.41, 5.74) is 3.64. The number of carbonyl (C=O) groups is 2. The van der Waals surface area contributed by atoms with E-state index in [0.717, 1.165) is 10.6 Å². The number of thiazole rings is 1. The van der Waals surface area contributed by atoms with Crippen LogP contribution in [0.3, 0.4) is 0 Å². The molecule has 0 aliphatic carbocycles. The number of aromatic nitrogens is 1. The first kappa shape index (κ1) is 16.5. The Labute approximate surface area is 153 Å². The lowest BCUT2D eigenvalue weighted by Crippen LogP contribution is -2.39. The molecule has 0 bridgehead atoms. The van der Waals surface area contributed by atoms with Crippen molar-refractivity contribution in [2.45, 2.75) is 25.9 Å². The summed E-state index contributed by atoms with van der Waals surface area (Å²) in [6.07, 6.45) is 2.31. The Hall–Kier alpha value is -2.94. The van der Waals surface area contributed by atoms with Gasteiger partial charge < -0.3 is 14.4 Å². The third-order valence-electron chi connectivity index (χ3n) is 4.06. The number of benzene rings is 1. The van der Waals surface area contributed by atoms with Crippen LogP contribution in [0.2, 0.25) is 0 Å². The second-order valence-electron chi connectivity index (χ2n) is 5.87. The molecule has 0 spiro atoms. The molecule has 26 heavy (non-hydrogen) atoms. The van der Waals surface area contributed by atoms with Gasteiger partial charge in [-0.15, -0.1) is 11.3 Å². The van der Waals surface area contributed by atoms with Crippen molar-refractivity contribution in [2.24, 2.45) is 5.10 Å². The van der Waals surface area contributed by atoms with Crippen LogP contribution in [0.1, 0.15) is 23.4 Å². The van der Waals surface area contributed by atoms with E-state index in [2.05, 4.69) is 15.5 Å². The molecule has 2 aliphatic rings. The van der Waals surface area contributed by atoms with Crippen LogP contribution in [0, 0.1) is 0 Å². The molecule has 2 aromatic rings. The van der Waals surface area contributed by atoms with Crippen molar-refractivity contribution in [3.8, 4) is 11.5 Å². The second-order valence-corrected chi connectivity index (χ2v) is 6.85. The molecular weight excluding hydrogens is 356 g/mol. The molecule has 3 heterocycles. The van der Waals surface area contributed by atoms with Gasteiger partial charge in [-0.05, 0) is 17.7 Å². The van der Waals surface area contributed by atoms with Gasteiger partial charge in [-0.1, -0.05) is 6.07 Å². The zero-order valence-corrected chi connectivity index (χ0v) is 14.6. The van der Waals surface area contributed by atoms with E-state index in [-0.39, 0.29) is 25.0 Å². The van der Waals surface area contributed by atoms with Crippen molar-refractivity contribution in [1.29, 1.82) is 0 Å². The molecule has 0 atom stereocenters. The molecule has 0 saturated carbocycles. The summed E-state index contributed by atoms with van der Waals surface area (Å²) in [4.78, 5) is 30.2. The number of hydrogen-bond donors (Lipinski definition) is 1. The Kier molecular flexibility index (Phi) is 4.53. The number of fused-ring (bicyclic) bond motifs is 1. The van der Waals surface area contributed by atoms with Crippen molar-refractivity contribution >= 4 is 28.9 Å². The number of hydrogen-bond acceptors (Lipinski definition) is 7. The third-order valence-corrected chi connectivity index (χ3v) is 4.82. The molecule has 0 saturated heterocycles. The maximum Gasteiger partial charge on any atom is 0.270 e. The molecule has 134 valence electrons. The van der Waals surface area contributed by atoms with Crippen molar-refractivity contribution in [3.05, 3.63) is 40.3 Å². The van der Waals surface area contributed by atoms with Crippen molar-refractivity contribution in [1.82, 2.24) is 15.3 Å². The van der Waals surface area contributed by atoms with Gasteiger partial charge in [-0.2, -0.15) is 5.10 Å². The molecule has 1 aromatic heterocycles. The number of carbonyl (C=O) groups excluding carboxylic acids is 2. The first-order valence-corrected chi connectivity index (χ1v) is 8.98. The molecule has 9 heteroatoms. The van der Waals surface area contributed by atoms with Gasteiger partial charge in [0.05, 0.1) is 6.54 Å². The minimum atomic E-state index is -0.210. The number of hydrazone groups is 1. The average molecular weight is 372 g/mol. The van der Waals surface area contributed by atoms with Crippen molar-refractivity contribution in [3.63, 3.8) is 0 Å². The van der Waals surface area contributed by atoms with E-state index in [1.165, 1.54) is 11.3 Å². The molecular formula is C17H16N4O4S. The van der Waals surface area contributed by atoms with Gasteiger partial charge in [-0.25, -0.2) is 10.4 Å². The number of amides is 2. The van der Waals surface area contributed by atoms with Gasteiger partial charge in [0.1, 0.15) is 10.7 Å².